The minimum atomic E-state index is 0.451. The molecule has 0 N–H and O–H groups in total. The van der Waals surface area contributed by atoms with Crippen LogP contribution in [0.4, 0.5) is 0 Å². The van der Waals surface area contributed by atoms with E-state index in [0.717, 1.165) is 35.8 Å². The number of hydrogen-bond acceptors (Lipinski definition) is 3. The summed E-state index contributed by atoms with van der Waals surface area (Å²) >= 11 is 0. The topological polar surface area (TPSA) is 52.7 Å². The van der Waals surface area contributed by atoms with Crippen molar-refractivity contribution < 1.29 is 0 Å². The zero-order chi connectivity index (χ0) is 15.0. The van der Waals surface area contributed by atoms with Crippen molar-refractivity contribution in [3.05, 3.63) is 11.6 Å². The van der Waals surface area contributed by atoms with Crippen LogP contribution in [0.15, 0.2) is 31.6 Å². The summed E-state index contributed by atoms with van der Waals surface area (Å²) in [6.07, 6.45) is 5.93. The van der Waals surface area contributed by atoms with Crippen LogP contribution in [0.1, 0.15) is 33.6 Å². The first-order valence-corrected chi connectivity index (χ1v) is 6.99. The summed E-state index contributed by atoms with van der Waals surface area (Å²) in [5.74, 6) is 1.68. The SMILES string of the molecule is CCC(C)=NCN=C(C)N=C(C1=CCC=NC1)N(C)C. The first-order valence-electron chi connectivity index (χ1n) is 6.99. The average Bonchev–Trinajstić information content (AvgIpc) is 2.45. The summed E-state index contributed by atoms with van der Waals surface area (Å²) in [6.45, 7) is 7.16. The summed E-state index contributed by atoms with van der Waals surface area (Å²) in [5.41, 5.74) is 2.27. The van der Waals surface area contributed by atoms with Gasteiger partial charge in [0.1, 0.15) is 18.3 Å². The van der Waals surface area contributed by atoms with E-state index in [1.807, 2.05) is 39.1 Å². The van der Waals surface area contributed by atoms with E-state index in [1.54, 1.807) is 0 Å². The van der Waals surface area contributed by atoms with E-state index >= 15 is 0 Å². The molecule has 0 aliphatic carbocycles. The Labute approximate surface area is 121 Å². The van der Waals surface area contributed by atoms with Crippen LogP contribution >= 0.6 is 0 Å². The van der Waals surface area contributed by atoms with Gasteiger partial charge in [0, 0.05) is 38.0 Å². The minimum Gasteiger partial charge on any atom is -0.362 e. The lowest BCUT2D eigenvalue weighted by Gasteiger charge is -2.19. The molecule has 0 saturated carbocycles. The lowest BCUT2D eigenvalue weighted by Crippen LogP contribution is -2.27. The number of allylic oxidation sites excluding steroid dienone is 1. The van der Waals surface area contributed by atoms with Crippen LogP contribution < -0.4 is 0 Å². The third-order valence-corrected chi connectivity index (χ3v) is 2.99. The van der Waals surface area contributed by atoms with Gasteiger partial charge in [-0.2, -0.15) is 0 Å². The molecule has 0 amide bonds. The fraction of sp³-hybridized carbons (Fsp3) is 0.600. The number of nitrogens with zero attached hydrogens (tertiary/aromatic N) is 5. The van der Waals surface area contributed by atoms with E-state index in [0.29, 0.717) is 13.2 Å². The van der Waals surface area contributed by atoms with Crippen molar-refractivity contribution in [1.29, 1.82) is 0 Å². The second kappa shape index (κ2) is 8.40. The molecule has 0 aromatic rings. The first kappa shape index (κ1) is 16.3. The van der Waals surface area contributed by atoms with Gasteiger partial charge in [-0.15, -0.1) is 0 Å². The number of hydrogen-bond donors (Lipinski definition) is 0. The minimum absolute atomic E-state index is 0.451. The quantitative estimate of drug-likeness (QED) is 0.574. The molecule has 0 saturated heterocycles. The summed E-state index contributed by atoms with van der Waals surface area (Å²) in [5, 5.41) is 0. The predicted molar refractivity (Wildman–Crippen MR) is 88.6 cm³/mol. The highest BCUT2D eigenvalue weighted by Crippen LogP contribution is 2.08. The molecular weight excluding hydrogens is 250 g/mol. The Morgan fingerprint density at radius 3 is 2.60 bits per heavy atom. The van der Waals surface area contributed by atoms with Crippen LogP contribution in [-0.2, 0) is 0 Å². The van der Waals surface area contributed by atoms with E-state index in [2.05, 4.69) is 33.0 Å². The van der Waals surface area contributed by atoms with Gasteiger partial charge in [0.2, 0.25) is 0 Å². The van der Waals surface area contributed by atoms with Gasteiger partial charge in [-0.1, -0.05) is 13.0 Å². The van der Waals surface area contributed by atoms with Crippen LogP contribution in [0.25, 0.3) is 0 Å². The second-order valence-corrected chi connectivity index (χ2v) is 4.91. The highest BCUT2D eigenvalue weighted by Gasteiger charge is 2.11. The molecule has 0 fully saturated rings. The Kier molecular flexibility index (Phi) is 6.84. The number of likely N-dealkylation sites (N-methyl/N-ethyl adjacent to an activating group) is 1. The fourth-order valence-electron chi connectivity index (χ4n) is 1.68. The van der Waals surface area contributed by atoms with Crippen LogP contribution in [0.2, 0.25) is 0 Å². The lowest BCUT2D eigenvalue weighted by atomic mass is 10.1. The third-order valence-electron chi connectivity index (χ3n) is 2.99. The third kappa shape index (κ3) is 5.47. The van der Waals surface area contributed by atoms with Crippen LogP contribution in [0.3, 0.4) is 0 Å². The van der Waals surface area contributed by atoms with E-state index in [1.165, 1.54) is 0 Å². The first-order chi connectivity index (χ1) is 9.54. The maximum Gasteiger partial charge on any atom is 0.134 e. The van der Waals surface area contributed by atoms with Crippen molar-refractivity contribution in [3.8, 4) is 0 Å². The Balaban J connectivity index is 2.80. The fourth-order valence-corrected chi connectivity index (χ4v) is 1.68. The van der Waals surface area contributed by atoms with Crippen LogP contribution in [-0.4, -0.2) is 55.8 Å². The largest absolute Gasteiger partial charge is 0.362 e. The summed E-state index contributed by atoms with van der Waals surface area (Å²) < 4.78 is 0. The van der Waals surface area contributed by atoms with E-state index in [4.69, 9.17) is 0 Å². The van der Waals surface area contributed by atoms with Crippen molar-refractivity contribution in [3.63, 3.8) is 0 Å². The molecule has 0 aromatic carbocycles. The maximum atomic E-state index is 4.60. The summed E-state index contributed by atoms with van der Waals surface area (Å²) in [7, 11) is 3.98. The monoisotopic (exact) mass is 275 g/mol. The molecule has 20 heavy (non-hydrogen) atoms. The van der Waals surface area contributed by atoms with Crippen LogP contribution in [0, 0.1) is 0 Å². The molecule has 0 aromatic heterocycles. The molecule has 0 unspecified atom stereocenters. The smallest absolute Gasteiger partial charge is 0.134 e. The average molecular weight is 275 g/mol. The van der Waals surface area contributed by atoms with Crippen molar-refractivity contribution in [2.75, 3.05) is 27.3 Å². The van der Waals surface area contributed by atoms with Gasteiger partial charge in [0.15, 0.2) is 0 Å². The van der Waals surface area contributed by atoms with E-state index in [-0.39, 0.29) is 0 Å². The number of amidine groups is 2. The van der Waals surface area contributed by atoms with Gasteiger partial charge in [0.25, 0.3) is 0 Å². The molecule has 1 aliphatic rings. The lowest BCUT2D eigenvalue weighted by molar-refractivity contribution is 0.621. The molecule has 5 nitrogen and oxygen atoms in total. The maximum absolute atomic E-state index is 4.60. The number of dihydropyridines is 1. The van der Waals surface area contributed by atoms with E-state index < -0.39 is 0 Å². The zero-order valence-corrected chi connectivity index (χ0v) is 13.2. The Morgan fingerprint density at radius 2 is 2.05 bits per heavy atom. The van der Waals surface area contributed by atoms with Crippen molar-refractivity contribution in [1.82, 2.24) is 4.90 Å². The van der Waals surface area contributed by atoms with E-state index in [9.17, 15) is 0 Å². The number of aliphatic imine (C=N–C) groups is 4. The van der Waals surface area contributed by atoms with Crippen molar-refractivity contribution in [2.24, 2.45) is 20.0 Å². The van der Waals surface area contributed by atoms with Gasteiger partial charge < -0.3 is 4.90 Å². The molecule has 110 valence electrons. The van der Waals surface area contributed by atoms with Gasteiger partial charge in [-0.3, -0.25) is 9.98 Å². The molecule has 1 aliphatic heterocycles. The second-order valence-electron chi connectivity index (χ2n) is 4.91. The predicted octanol–water partition coefficient (Wildman–Crippen LogP) is 2.59. The zero-order valence-electron chi connectivity index (χ0n) is 13.2. The Bertz CT molecular complexity index is 467. The molecule has 1 heterocycles. The van der Waals surface area contributed by atoms with Gasteiger partial charge >= 0.3 is 0 Å². The molecule has 0 bridgehead atoms. The molecule has 5 heteroatoms. The molecule has 0 spiro atoms. The highest BCUT2D eigenvalue weighted by molar-refractivity contribution is 6.06. The van der Waals surface area contributed by atoms with Gasteiger partial charge in [-0.25, -0.2) is 9.98 Å². The molecular formula is C15H25N5. The van der Waals surface area contributed by atoms with Gasteiger partial charge in [-0.05, 0) is 20.3 Å². The van der Waals surface area contributed by atoms with Crippen LogP contribution in [0.5, 0.6) is 0 Å². The number of rotatable bonds is 4. The van der Waals surface area contributed by atoms with Gasteiger partial charge in [0.05, 0.1) is 6.54 Å². The highest BCUT2D eigenvalue weighted by atomic mass is 15.2. The normalized spacial score (nSPS) is 17.2. The Hall–Kier alpha value is -1.78. The standard InChI is InChI=1S/C15H25N5/c1-6-12(2)17-11-18-13(3)19-15(20(4)5)14-8-7-9-16-10-14/h8-9H,6-7,10-11H2,1-5H3. The summed E-state index contributed by atoms with van der Waals surface area (Å²) in [4.78, 5) is 19.6. The van der Waals surface area contributed by atoms with Crippen molar-refractivity contribution in [2.45, 2.75) is 33.6 Å². The molecule has 0 radical (unpaired) electrons. The molecule has 1 rings (SSSR count). The molecule has 0 atom stereocenters. The Morgan fingerprint density at radius 1 is 1.30 bits per heavy atom. The summed E-state index contributed by atoms with van der Waals surface area (Å²) in [6, 6.07) is 0. The van der Waals surface area contributed by atoms with Crippen molar-refractivity contribution >= 4 is 23.6 Å².